The molecule has 0 saturated heterocycles. The number of anilines is 1. The van der Waals surface area contributed by atoms with E-state index in [1.54, 1.807) is 12.1 Å². The molecular formula is C13H13F2N3O. The number of aryl methyl sites for hydroxylation is 1. The van der Waals surface area contributed by atoms with E-state index in [1.807, 2.05) is 19.1 Å². The first-order valence-corrected chi connectivity index (χ1v) is 5.83. The number of nitrogens with zero attached hydrogens (tertiary/aromatic N) is 2. The lowest BCUT2D eigenvalue weighted by Crippen LogP contribution is -2.13. The molecule has 0 bridgehead atoms. The molecular weight excluding hydrogens is 252 g/mol. The van der Waals surface area contributed by atoms with Crippen LogP contribution in [0.5, 0.6) is 0 Å². The highest BCUT2D eigenvalue weighted by Crippen LogP contribution is 2.13. The van der Waals surface area contributed by atoms with Crippen molar-refractivity contribution in [3.05, 3.63) is 47.8 Å². The Bertz CT molecular complexity index is 564. The van der Waals surface area contributed by atoms with Crippen LogP contribution in [-0.4, -0.2) is 15.7 Å². The van der Waals surface area contributed by atoms with E-state index in [2.05, 4.69) is 10.4 Å². The van der Waals surface area contributed by atoms with Gasteiger partial charge in [-0.2, -0.15) is 13.9 Å². The molecule has 1 aromatic heterocycles. The van der Waals surface area contributed by atoms with Crippen molar-refractivity contribution in [3.63, 3.8) is 0 Å². The number of halogens is 2. The Morgan fingerprint density at radius 1 is 1.32 bits per heavy atom. The second kappa shape index (κ2) is 5.60. The molecule has 1 amide bonds. The van der Waals surface area contributed by atoms with Crippen molar-refractivity contribution in [1.82, 2.24) is 9.78 Å². The first-order valence-electron chi connectivity index (χ1n) is 5.83. The van der Waals surface area contributed by atoms with Crippen LogP contribution in [0.3, 0.4) is 0 Å². The van der Waals surface area contributed by atoms with Gasteiger partial charge in [0.05, 0.1) is 0 Å². The van der Waals surface area contributed by atoms with E-state index in [0.29, 0.717) is 10.4 Å². The number of hydrogen-bond acceptors (Lipinski definition) is 2. The topological polar surface area (TPSA) is 46.9 Å². The van der Waals surface area contributed by atoms with Gasteiger partial charge in [0.1, 0.15) is 0 Å². The summed E-state index contributed by atoms with van der Waals surface area (Å²) in [6.07, 6.45) is 1.98. The summed E-state index contributed by atoms with van der Waals surface area (Å²) in [7, 11) is 0. The van der Waals surface area contributed by atoms with Crippen molar-refractivity contribution in [2.45, 2.75) is 19.9 Å². The highest BCUT2D eigenvalue weighted by molar-refractivity contribution is 6.02. The average Bonchev–Trinajstić information content (AvgIpc) is 2.89. The number of benzene rings is 1. The summed E-state index contributed by atoms with van der Waals surface area (Å²) in [5.41, 5.74) is 1.72. The lowest BCUT2D eigenvalue weighted by Gasteiger charge is -2.04. The third kappa shape index (κ3) is 3.15. The molecule has 1 aromatic carbocycles. The third-order valence-electron chi connectivity index (χ3n) is 2.66. The molecule has 1 N–H and O–H groups in total. The van der Waals surface area contributed by atoms with Crippen LogP contribution in [-0.2, 0) is 6.42 Å². The molecule has 0 radical (unpaired) electrons. The van der Waals surface area contributed by atoms with Crippen LogP contribution < -0.4 is 5.32 Å². The van der Waals surface area contributed by atoms with E-state index in [-0.39, 0.29) is 5.69 Å². The molecule has 4 nitrogen and oxygen atoms in total. The first kappa shape index (κ1) is 13.2. The van der Waals surface area contributed by atoms with Gasteiger partial charge in [-0.05, 0) is 30.2 Å². The zero-order valence-corrected chi connectivity index (χ0v) is 10.3. The number of carbonyl (C=O) groups excluding carboxylic acids is 1. The number of rotatable bonds is 4. The smallest absolute Gasteiger partial charge is 0.321 e. The Labute approximate surface area is 109 Å². The fraction of sp³-hybridized carbons (Fsp3) is 0.231. The Morgan fingerprint density at radius 2 is 2.00 bits per heavy atom. The molecule has 19 heavy (non-hydrogen) atoms. The van der Waals surface area contributed by atoms with Crippen molar-refractivity contribution in [2.24, 2.45) is 0 Å². The number of hydrogen-bond donors (Lipinski definition) is 1. The van der Waals surface area contributed by atoms with Crippen molar-refractivity contribution < 1.29 is 13.6 Å². The molecule has 100 valence electrons. The van der Waals surface area contributed by atoms with E-state index in [4.69, 9.17) is 0 Å². The number of amides is 1. The highest BCUT2D eigenvalue weighted by Gasteiger charge is 2.13. The second-order valence-corrected chi connectivity index (χ2v) is 3.96. The molecule has 0 saturated carbocycles. The van der Waals surface area contributed by atoms with Crippen LogP contribution in [0.4, 0.5) is 14.5 Å². The minimum absolute atomic E-state index is 0.0418. The van der Waals surface area contributed by atoms with Gasteiger partial charge in [-0.25, -0.2) is 4.68 Å². The van der Waals surface area contributed by atoms with E-state index in [9.17, 15) is 13.6 Å². The summed E-state index contributed by atoms with van der Waals surface area (Å²) in [5, 5.41) is 6.10. The SMILES string of the molecule is CCc1ccc(NC(=O)c2ccn(C(F)F)n2)cc1. The molecule has 0 fully saturated rings. The Kier molecular flexibility index (Phi) is 3.89. The fourth-order valence-corrected chi connectivity index (χ4v) is 1.59. The summed E-state index contributed by atoms with van der Waals surface area (Å²) in [6, 6.07) is 8.57. The lowest BCUT2D eigenvalue weighted by atomic mass is 10.1. The average molecular weight is 265 g/mol. The molecule has 0 aliphatic rings. The maximum absolute atomic E-state index is 12.3. The Morgan fingerprint density at radius 3 is 2.53 bits per heavy atom. The van der Waals surface area contributed by atoms with Crippen LogP contribution in [0.15, 0.2) is 36.5 Å². The summed E-state index contributed by atoms with van der Waals surface area (Å²) in [6.45, 7) is -0.713. The summed E-state index contributed by atoms with van der Waals surface area (Å²) < 4.78 is 25.1. The quantitative estimate of drug-likeness (QED) is 0.923. The number of alkyl halides is 2. The fourth-order valence-electron chi connectivity index (χ4n) is 1.59. The summed E-state index contributed by atoms with van der Waals surface area (Å²) >= 11 is 0. The molecule has 1 heterocycles. The molecule has 0 spiro atoms. The van der Waals surface area contributed by atoms with Crippen LogP contribution >= 0.6 is 0 Å². The zero-order valence-electron chi connectivity index (χ0n) is 10.3. The standard InChI is InChI=1S/C13H13F2N3O/c1-2-9-3-5-10(6-4-9)16-12(19)11-7-8-18(17-11)13(14)15/h3-8,13H,2H2,1H3,(H,16,19). The van der Waals surface area contributed by atoms with Crippen LogP contribution in [0, 0.1) is 0 Å². The zero-order chi connectivity index (χ0) is 13.8. The normalized spacial score (nSPS) is 10.7. The molecule has 0 atom stereocenters. The van der Waals surface area contributed by atoms with E-state index < -0.39 is 12.5 Å². The molecule has 2 rings (SSSR count). The Balaban J connectivity index is 2.06. The van der Waals surface area contributed by atoms with Crippen LogP contribution in [0.25, 0.3) is 0 Å². The van der Waals surface area contributed by atoms with Gasteiger partial charge < -0.3 is 5.32 Å². The maximum Gasteiger partial charge on any atom is 0.333 e. The minimum Gasteiger partial charge on any atom is -0.321 e. The molecule has 0 aliphatic heterocycles. The Hall–Kier alpha value is -2.24. The predicted molar refractivity (Wildman–Crippen MR) is 67.3 cm³/mol. The number of nitrogens with one attached hydrogen (secondary N) is 1. The maximum atomic E-state index is 12.3. The van der Waals surface area contributed by atoms with Gasteiger partial charge in [0.2, 0.25) is 0 Å². The molecule has 2 aromatic rings. The summed E-state index contributed by atoms with van der Waals surface area (Å²) in [5.74, 6) is -0.511. The van der Waals surface area contributed by atoms with Crippen LogP contribution in [0.1, 0.15) is 29.5 Å². The van der Waals surface area contributed by atoms with Crippen molar-refractivity contribution in [1.29, 1.82) is 0 Å². The van der Waals surface area contributed by atoms with E-state index in [1.165, 1.54) is 6.07 Å². The molecule has 6 heteroatoms. The third-order valence-corrected chi connectivity index (χ3v) is 2.66. The van der Waals surface area contributed by atoms with Gasteiger partial charge in [-0.15, -0.1) is 0 Å². The number of carbonyl (C=O) groups is 1. The highest BCUT2D eigenvalue weighted by atomic mass is 19.3. The predicted octanol–water partition coefficient (Wildman–Crippen LogP) is 3.09. The van der Waals surface area contributed by atoms with Crippen LogP contribution in [0.2, 0.25) is 0 Å². The van der Waals surface area contributed by atoms with E-state index in [0.717, 1.165) is 18.2 Å². The van der Waals surface area contributed by atoms with Gasteiger partial charge in [0.25, 0.3) is 5.91 Å². The largest absolute Gasteiger partial charge is 0.333 e. The first-order chi connectivity index (χ1) is 9.10. The number of aromatic nitrogens is 2. The molecule has 0 aliphatic carbocycles. The second-order valence-electron chi connectivity index (χ2n) is 3.96. The molecule has 0 unspecified atom stereocenters. The van der Waals surface area contributed by atoms with Gasteiger partial charge in [0, 0.05) is 11.9 Å². The minimum atomic E-state index is -2.75. The van der Waals surface area contributed by atoms with Gasteiger partial charge in [-0.3, -0.25) is 4.79 Å². The monoisotopic (exact) mass is 265 g/mol. The van der Waals surface area contributed by atoms with Gasteiger partial charge >= 0.3 is 6.55 Å². The van der Waals surface area contributed by atoms with Crippen molar-refractivity contribution >= 4 is 11.6 Å². The summed E-state index contributed by atoms with van der Waals surface area (Å²) in [4.78, 5) is 11.8. The van der Waals surface area contributed by atoms with Gasteiger partial charge in [-0.1, -0.05) is 19.1 Å². The van der Waals surface area contributed by atoms with Gasteiger partial charge in [0.15, 0.2) is 5.69 Å². The van der Waals surface area contributed by atoms with Crippen molar-refractivity contribution in [3.8, 4) is 0 Å². The van der Waals surface area contributed by atoms with E-state index >= 15 is 0 Å². The lowest BCUT2D eigenvalue weighted by molar-refractivity contribution is 0.0561. The van der Waals surface area contributed by atoms with Crippen molar-refractivity contribution in [2.75, 3.05) is 5.32 Å².